The van der Waals surface area contributed by atoms with Gasteiger partial charge in [-0.2, -0.15) is 5.10 Å². The Bertz CT molecular complexity index is 284. The summed E-state index contributed by atoms with van der Waals surface area (Å²) in [7, 11) is 0. The van der Waals surface area contributed by atoms with E-state index < -0.39 is 6.10 Å². The van der Waals surface area contributed by atoms with E-state index in [1.807, 2.05) is 20.8 Å². The highest BCUT2D eigenvalue weighted by Gasteiger charge is 2.08. The van der Waals surface area contributed by atoms with Crippen LogP contribution in [0.15, 0.2) is 0 Å². The van der Waals surface area contributed by atoms with Gasteiger partial charge in [-0.1, -0.05) is 6.92 Å². The molecule has 0 amide bonds. The minimum absolute atomic E-state index is 0.408. The van der Waals surface area contributed by atoms with Crippen LogP contribution in [0.3, 0.4) is 0 Å². The number of aliphatic hydroxyl groups is 1. The van der Waals surface area contributed by atoms with Gasteiger partial charge in [0.05, 0.1) is 12.6 Å². The third-order valence-electron chi connectivity index (χ3n) is 1.98. The molecular formula is C9H18N4O. The fourth-order valence-corrected chi connectivity index (χ4v) is 1.31. The molecule has 5 nitrogen and oxygen atoms in total. The predicted octanol–water partition coefficient (Wildman–Crippen LogP) is -0.135. The third kappa shape index (κ3) is 3.08. The molecule has 0 aliphatic carbocycles. The van der Waals surface area contributed by atoms with Gasteiger partial charge in [0.2, 0.25) is 0 Å². The first-order valence-electron chi connectivity index (χ1n) is 4.90. The number of nitrogens with zero attached hydrogens (tertiary/aromatic N) is 3. The molecule has 1 heterocycles. The van der Waals surface area contributed by atoms with Crippen LogP contribution in [-0.2, 0) is 6.54 Å². The summed E-state index contributed by atoms with van der Waals surface area (Å²) in [5, 5.41) is 16.9. The van der Waals surface area contributed by atoms with E-state index >= 15 is 0 Å². The zero-order valence-corrected chi connectivity index (χ0v) is 8.99. The molecule has 0 spiro atoms. The van der Waals surface area contributed by atoms with Gasteiger partial charge < -0.3 is 10.4 Å². The Morgan fingerprint density at radius 2 is 2.21 bits per heavy atom. The molecule has 0 aliphatic rings. The molecule has 0 fully saturated rings. The second-order valence-electron chi connectivity index (χ2n) is 3.35. The lowest BCUT2D eigenvalue weighted by atomic mass is 10.3. The third-order valence-corrected chi connectivity index (χ3v) is 1.98. The average molecular weight is 198 g/mol. The number of hydrogen-bond acceptors (Lipinski definition) is 4. The number of rotatable bonds is 5. The number of aliphatic hydroxyl groups excluding tert-OH is 1. The van der Waals surface area contributed by atoms with Crippen LogP contribution in [-0.4, -0.2) is 39.1 Å². The molecule has 0 aliphatic heterocycles. The highest BCUT2D eigenvalue weighted by atomic mass is 16.3. The molecule has 5 heteroatoms. The highest BCUT2D eigenvalue weighted by molar-refractivity contribution is 4.88. The molecule has 0 aromatic carbocycles. The Labute approximate surface area is 84.2 Å². The van der Waals surface area contributed by atoms with E-state index in [1.165, 1.54) is 0 Å². The first kappa shape index (κ1) is 11.1. The van der Waals surface area contributed by atoms with Gasteiger partial charge in [-0.05, 0) is 20.4 Å². The van der Waals surface area contributed by atoms with Crippen LogP contribution in [0.4, 0.5) is 0 Å². The first-order valence-corrected chi connectivity index (χ1v) is 4.90. The van der Waals surface area contributed by atoms with Gasteiger partial charge in [0.15, 0.2) is 0 Å². The number of aromatic nitrogens is 3. The fourth-order valence-electron chi connectivity index (χ4n) is 1.31. The summed E-state index contributed by atoms with van der Waals surface area (Å²) in [6, 6.07) is 0. The predicted molar refractivity (Wildman–Crippen MR) is 54.0 cm³/mol. The lowest BCUT2D eigenvalue weighted by molar-refractivity contribution is 0.146. The lowest BCUT2D eigenvalue weighted by Gasteiger charge is -2.11. The molecule has 0 radical (unpaired) electrons. The van der Waals surface area contributed by atoms with Crippen LogP contribution in [0, 0.1) is 13.8 Å². The zero-order chi connectivity index (χ0) is 10.6. The summed E-state index contributed by atoms with van der Waals surface area (Å²) in [4.78, 5) is 4.16. The van der Waals surface area contributed by atoms with Crippen molar-refractivity contribution < 1.29 is 5.11 Å². The Kier molecular flexibility index (Phi) is 4.03. The van der Waals surface area contributed by atoms with Crippen LogP contribution in [0.1, 0.15) is 18.6 Å². The van der Waals surface area contributed by atoms with E-state index in [0.717, 1.165) is 18.2 Å². The van der Waals surface area contributed by atoms with Crippen molar-refractivity contribution in [3.8, 4) is 0 Å². The SMILES string of the molecule is CCNCC(O)Cn1nc(C)nc1C. The van der Waals surface area contributed by atoms with Crippen molar-refractivity contribution >= 4 is 0 Å². The second-order valence-corrected chi connectivity index (χ2v) is 3.35. The molecule has 1 aromatic rings. The van der Waals surface area contributed by atoms with Crippen molar-refractivity contribution in [2.75, 3.05) is 13.1 Å². The molecule has 0 saturated heterocycles. The molecule has 1 atom stereocenters. The Morgan fingerprint density at radius 3 is 2.71 bits per heavy atom. The standard InChI is InChI=1S/C9H18N4O/c1-4-10-5-9(14)6-13-8(3)11-7(2)12-13/h9-10,14H,4-6H2,1-3H3. The lowest BCUT2D eigenvalue weighted by Crippen LogP contribution is -2.30. The van der Waals surface area contributed by atoms with Crippen LogP contribution < -0.4 is 5.32 Å². The summed E-state index contributed by atoms with van der Waals surface area (Å²) in [5.41, 5.74) is 0. The van der Waals surface area contributed by atoms with Crippen LogP contribution in [0.5, 0.6) is 0 Å². The molecular weight excluding hydrogens is 180 g/mol. The highest BCUT2D eigenvalue weighted by Crippen LogP contribution is 1.97. The molecule has 1 aromatic heterocycles. The van der Waals surface area contributed by atoms with Crippen molar-refractivity contribution in [2.24, 2.45) is 0 Å². The van der Waals surface area contributed by atoms with Crippen LogP contribution in [0.2, 0.25) is 0 Å². The monoisotopic (exact) mass is 198 g/mol. The zero-order valence-electron chi connectivity index (χ0n) is 8.99. The fraction of sp³-hybridized carbons (Fsp3) is 0.778. The maximum atomic E-state index is 9.62. The first-order chi connectivity index (χ1) is 6.63. The van der Waals surface area contributed by atoms with E-state index in [4.69, 9.17) is 0 Å². The molecule has 80 valence electrons. The van der Waals surface area contributed by atoms with Crippen molar-refractivity contribution in [3.05, 3.63) is 11.6 Å². The molecule has 0 bridgehead atoms. The number of hydrogen-bond donors (Lipinski definition) is 2. The number of nitrogens with one attached hydrogen (secondary N) is 1. The van der Waals surface area contributed by atoms with Crippen molar-refractivity contribution in [1.82, 2.24) is 20.1 Å². The second kappa shape index (κ2) is 5.07. The summed E-state index contributed by atoms with van der Waals surface area (Å²) < 4.78 is 1.73. The maximum absolute atomic E-state index is 9.62. The molecule has 14 heavy (non-hydrogen) atoms. The van der Waals surface area contributed by atoms with Gasteiger partial charge in [0.1, 0.15) is 11.6 Å². The minimum atomic E-state index is -0.408. The average Bonchev–Trinajstić information content (AvgIpc) is 2.42. The van der Waals surface area contributed by atoms with E-state index in [2.05, 4.69) is 15.4 Å². The van der Waals surface area contributed by atoms with E-state index in [9.17, 15) is 5.11 Å². The Balaban J connectivity index is 2.47. The Hall–Kier alpha value is -0.940. The van der Waals surface area contributed by atoms with Gasteiger partial charge >= 0.3 is 0 Å². The largest absolute Gasteiger partial charge is 0.390 e. The molecule has 0 saturated carbocycles. The Morgan fingerprint density at radius 1 is 1.50 bits per heavy atom. The molecule has 2 N–H and O–H groups in total. The number of aryl methyl sites for hydroxylation is 2. The van der Waals surface area contributed by atoms with Crippen molar-refractivity contribution in [2.45, 2.75) is 33.4 Å². The van der Waals surface area contributed by atoms with E-state index in [1.54, 1.807) is 4.68 Å². The van der Waals surface area contributed by atoms with Gasteiger partial charge in [-0.15, -0.1) is 0 Å². The van der Waals surface area contributed by atoms with Crippen molar-refractivity contribution in [1.29, 1.82) is 0 Å². The normalized spacial score (nSPS) is 13.1. The van der Waals surface area contributed by atoms with Gasteiger partial charge in [0, 0.05) is 6.54 Å². The minimum Gasteiger partial charge on any atom is -0.390 e. The molecule has 1 unspecified atom stereocenters. The van der Waals surface area contributed by atoms with E-state index in [0.29, 0.717) is 13.1 Å². The van der Waals surface area contributed by atoms with Gasteiger partial charge in [-0.3, -0.25) is 0 Å². The molecule has 1 rings (SSSR count). The van der Waals surface area contributed by atoms with Gasteiger partial charge in [-0.25, -0.2) is 9.67 Å². The van der Waals surface area contributed by atoms with E-state index in [-0.39, 0.29) is 0 Å². The van der Waals surface area contributed by atoms with Crippen molar-refractivity contribution in [3.63, 3.8) is 0 Å². The summed E-state index contributed by atoms with van der Waals surface area (Å²) in [6.45, 7) is 7.71. The summed E-state index contributed by atoms with van der Waals surface area (Å²) in [6.07, 6.45) is -0.408. The van der Waals surface area contributed by atoms with Crippen LogP contribution >= 0.6 is 0 Å². The van der Waals surface area contributed by atoms with Crippen LogP contribution in [0.25, 0.3) is 0 Å². The smallest absolute Gasteiger partial charge is 0.147 e. The number of likely N-dealkylation sites (N-methyl/N-ethyl adjacent to an activating group) is 1. The maximum Gasteiger partial charge on any atom is 0.147 e. The summed E-state index contributed by atoms with van der Waals surface area (Å²) >= 11 is 0. The quantitative estimate of drug-likeness (QED) is 0.691. The summed E-state index contributed by atoms with van der Waals surface area (Å²) in [5.74, 6) is 1.59. The van der Waals surface area contributed by atoms with Gasteiger partial charge in [0.25, 0.3) is 0 Å². The topological polar surface area (TPSA) is 63.0 Å².